The van der Waals surface area contributed by atoms with Crippen LogP contribution in [-0.4, -0.2) is 16.0 Å². The maximum Gasteiger partial charge on any atom is 0.167 e. The second-order valence-electron chi connectivity index (χ2n) is 5.77. The van der Waals surface area contributed by atoms with Crippen LogP contribution < -0.4 is 0 Å². The van der Waals surface area contributed by atoms with Gasteiger partial charge in [-0.1, -0.05) is 30.3 Å². The first kappa shape index (κ1) is 13.5. The normalized spacial score (nSPS) is 17.5. The van der Waals surface area contributed by atoms with Gasteiger partial charge in [0.25, 0.3) is 0 Å². The molecule has 0 radical (unpaired) electrons. The van der Waals surface area contributed by atoms with E-state index < -0.39 is 0 Å². The Morgan fingerprint density at radius 2 is 1.95 bits per heavy atom. The largest absolute Gasteiger partial charge is 0.294 e. The number of H-pyrrole nitrogens is 1. The van der Waals surface area contributed by atoms with E-state index in [0.29, 0.717) is 6.42 Å². The minimum absolute atomic E-state index is 0.199. The highest BCUT2D eigenvalue weighted by Gasteiger charge is 2.31. The average molecular weight is 308 g/mol. The Bertz CT molecular complexity index is 832. The summed E-state index contributed by atoms with van der Waals surface area (Å²) >= 11 is 1.79. The fourth-order valence-corrected chi connectivity index (χ4v) is 4.13. The van der Waals surface area contributed by atoms with Crippen LogP contribution in [0.2, 0.25) is 0 Å². The number of Topliss-reactive ketones (excluding diaryl/α,β-unsaturated/α-hetero) is 1. The number of carbonyl (C=O) groups excluding carboxylic acids is 1. The van der Waals surface area contributed by atoms with Crippen molar-refractivity contribution < 1.29 is 4.79 Å². The van der Waals surface area contributed by atoms with Gasteiger partial charge in [-0.2, -0.15) is 5.10 Å². The van der Waals surface area contributed by atoms with E-state index in [1.54, 1.807) is 11.3 Å². The summed E-state index contributed by atoms with van der Waals surface area (Å²) in [6.07, 6.45) is 1.44. The Balaban J connectivity index is 1.72. The van der Waals surface area contributed by atoms with Gasteiger partial charge in [0, 0.05) is 33.4 Å². The van der Waals surface area contributed by atoms with Gasteiger partial charge < -0.3 is 0 Å². The van der Waals surface area contributed by atoms with Gasteiger partial charge in [0.1, 0.15) is 5.69 Å². The molecule has 2 aromatic heterocycles. The molecule has 1 aromatic carbocycles. The molecule has 1 aliphatic carbocycles. The maximum absolute atomic E-state index is 12.7. The molecule has 0 aliphatic heterocycles. The minimum Gasteiger partial charge on any atom is -0.294 e. The zero-order valence-electron chi connectivity index (χ0n) is 12.3. The standard InChI is InChI=1S/C18H16N2OS/c1-11-7-8-16(22-11)13-9-14-17(15(21)10-13)18(20-19-14)12-5-3-2-4-6-12/h2-8,13H,9-10H2,1H3,(H,19,20)/t13-/m1/s1. The first-order chi connectivity index (χ1) is 10.7. The van der Waals surface area contributed by atoms with E-state index >= 15 is 0 Å². The van der Waals surface area contributed by atoms with Crippen molar-refractivity contribution >= 4 is 17.1 Å². The van der Waals surface area contributed by atoms with E-state index in [0.717, 1.165) is 28.9 Å². The zero-order valence-corrected chi connectivity index (χ0v) is 13.1. The smallest absolute Gasteiger partial charge is 0.167 e. The van der Waals surface area contributed by atoms with Crippen molar-refractivity contribution in [2.75, 3.05) is 0 Å². The number of hydrogen-bond acceptors (Lipinski definition) is 3. The summed E-state index contributed by atoms with van der Waals surface area (Å²) in [5.41, 5.74) is 3.56. The molecule has 4 rings (SSSR count). The molecule has 4 heteroatoms. The predicted octanol–water partition coefficient (Wildman–Crippen LogP) is 4.36. The molecule has 0 spiro atoms. The van der Waals surface area contributed by atoms with Crippen molar-refractivity contribution in [1.82, 2.24) is 10.2 Å². The molecular formula is C18H16N2OS. The van der Waals surface area contributed by atoms with E-state index in [2.05, 4.69) is 29.3 Å². The minimum atomic E-state index is 0.199. The Labute approximate surface area is 133 Å². The number of rotatable bonds is 2. The van der Waals surface area contributed by atoms with Gasteiger partial charge in [0.2, 0.25) is 0 Å². The van der Waals surface area contributed by atoms with Gasteiger partial charge in [-0.25, -0.2) is 0 Å². The van der Waals surface area contributed by atoms with Crippen LogP contribution in [0.25, 0.3) is 11.3 Å². The third-order valence-corrected chi connectivity index (χ3v) is 5.38. The van der Waals surface area contributed by atoms with Crippen LogP contribution in [0, 0.1) is 6.92 Å². The second-order valence-corrected chi connectivity index (χ2v) is 7.09. The quantitative estimate of drug-likeness (QED) is 0.764. The highest BCUT2D eigenvalue weighted by Crippen LogP contribution is 2.38. The van der Waals surface area contributed by atoms with Gasteiger partial charge in [0.15, 0.2) is 5.78 Å². The summed E-state index contributed by atoms with van der Waals surface area (Å²) in [4.78, 5) is 15.3. The number of aryl methyl sites for hydroxylation is 1. The van der Waals surface area contributed by atoms with Crippen LogP contribution in [0.5, 0.6) is 0 Å². The molecular weight excluding hydrogens is 292 g/mol. The monoisotopic (exact) mass is 308 g/mol. The summed E-state index contributed by atoms with van der Waals surface area (Å²) < 4.78 is 0. The van der Waals surface area contributed by atoms with Crippen molar-refractivity contribution in [3.63, 3.8) is 0 Å². The highest BCUT2D eigenvalue weighted by atomic mass is 32.1. The third kappa shape index (κ3) is 2.20. The topological polar surface area (TPSA) is 45.8 Å². The summed E-state index contributed by atoms with van der Waals surface area (Å²) in [6, 6.07) is 14.2. The van der Waals surface area contributed by atoms with Gasteiger partial charge in [-0.05, 0) is 25.5 Å². The zero-order chi connectivity index (χ0) is 15.1. The van der Waals surface area contributed by atoms with Crippen molar-refractivity contribution in [1.29, 1.82) is 0 Å². The van der Waals surface area contributed by atoms with Crippen LogP contribution in [0.4, 0.5) is 0 Å². The number of fused-ring (bicyclic) bond motifs is 1. The number of nitrogens with one attached hydrogen (secondary N) is 1. The molecule has 0 unspecified atom stereocenters. The van der Waals surface area contributed by atoms with Crippen LogP contribution >= 0.6 is 11.3 Å². The Kier molecular flexibility index (Phi) is 3.19. The van der Waals surface area contributed by atoms with Crippen LogP contribution in [-0.2, 0) is 6.42 Å². The number of nitrogens with zero attached hydrogens (tertiary/aromatic N) is 1. The summed E-state index contributed by atoms with van der Waals surface area (Å²) in [6.45, 7) is 2.11. The number of aromatic amines is 1. The highest BCUT2D eigenvalue weighted by molar-refractivity contribution is 7.12. The summed E-state index contributed by atoms with van der Waals surface area (Å²) in [5, 5.41) is 7.50. The number of hydrogen-bond donors (Lipinski definition) is 1. The first-order valence-corrected chi connectivity index (χ1v) is 8.26. The lowest BCUT2D eigenvalue weighted by molar-refractivity contribution is 0.0965. The van der Waals surface area contributed by atoms with E-state index in [-0.39, 0.29) is 11.7 Å². The van der Waals surface area contributed by atoms with E-state index in [9.17, 15) is 4.79 Å². The predicted molar refractivity (Wildman–Crippen MR) is 88.5 cm³/mol. The Morgan fingerprint density at radius 1 is 1.14 bits per heavy atom. The van der Waals surface area contributed by atoms with Gasteiger partial charge in [-0.3, -0.25) is 9.89 Å². The molecule has 1 atom stereocenters. The second kappa shape index (κ2) is 5.21. The molecule has 2 heterocycles. The number of ketones is 1. The van der Waals surface area contributed by atoms with E-state index in [1.807, 2.05) is 30.3 Å². The van der Waals surface area contributed by atoms with Gasteiger partial charge >= 0.3 is 0 Å². The third-order valence-electron chi connectivity index (χ3n) is 4.21. The molecule has 0 bridgehead atoms. The average Bonchev–Trinajstić information content (AvgIpc) is 3.14. The lowest BCUT2D eigenvalue weighted by atomic mass is 9.84. The molecule has 0 saturated heterocycles. The van der Waals surface area contributed by atoms with Crippen LogP contribution in [0.3, 0.4) is 0 Å². The van der Waals surface area contributed by atoms with E-state index in [1.165, 1.54) is 9.75 Å². The molecule has 110 valence electrons. The molecule has 3 aromatic rings. The number of thiophene rings is 1. The molecule has 1 N–H and O–H groups in total. The van der Waals surface area contributed by atoms with Gasteiger partial charge in [-0.15, -0.1) is 11.3 Å². The molecule has 1 aliphatic rings. The summed E-state index contributed by atoms with van der Waals surface area (Å²) in [5.74, 6) is 0.479. The SMILES string of the molecule is Cc1ccc([C@H]2CC(=O)c3c(-c4ccccc4)n[nH]c3C2)s1. The Hall–Kier alpha value is -2.20. The van der Waals surface area contributed by atoms with Gasteiger partial charge in [0.05, 0.1) is 5.56 Å². The lowest BCUT2D eigenvalue weighted by Gasteiger charge is -2.20. The van der Waals surface area contributed by atoms with Crippen molar-refractivity contribution in [2.45, 2.75) is 25.7 Å². The van der Waals surface area contributed by atoms with Crippen LogP contribution in [0.1, 0.15) is 38.1 Å². The van der Waals surface area contributed by atoms with Crippen molar-refractivity contribution in [2.24, 2.45) is 0 Å². The van der Waals surface area contributed by atoms with Crippen molar-refractivity contribution in [3.8, 4) is 11.3 Å². The molecule has 3 nitrogen and oxygen atoms in total. The van der Waals surface area contributed by atoms with Crippen LogP contribution in [0.15, 0.2) is 42.5 Å². The molecule has 0 fully saturated rings. The summed E-state index contributed by atoms with van der Waals surface area (Å²) in [7, 11) is 0. The number of aromatic nitrogens is 2. The Morgan fingerprint density at radius 3 is 2.68 bits per heavy atom. The molecule has 22 heavy (non-hydrogen) atoms. The number of carbonyl (C=O) groups is 1. The van der Waals surface area contributed by atoms with Crippen molar-refractivity contribution in [3.05, 3.63) is 63.5 Å². The first-order valence-electron chi connectivity index (χ1n) is 7.44. The maximum atomic E-state index is 12.7. The van der Waals surface area contributed by atoms with E-state index in [4.69, 9.17) is 0 Å². The lowest BCUT2D eigenvalue weighted by Crippen LogP contribution is -2.17. The molecule has 0 saturated carbocycles. The fourth-order valence-electron chi connectivity index (χ4n) is 3.15. The number of benzene rings is 1. The fraction of sp³-hybridized carbons (Fsp3) is 0.222. The molecule has 0 amide bonds.